The average molecular weight is 234 g/mol. The maximum absolute atomic E-state index is 10.5. The number of nitrogens with zero attached hydrogens (tertiary/aromatic N) is 1. The minimum atomic E-state index is -0.640. The van der Waals surface area contributed by atoms with Crippen LogP contribution in [-0.4, -0.2) is 21.7 Å². The first kappa shape index (κ1) is 12.5. The summed E-state index contributed by atoms with van der Waals surface area (Å²) in [5, 5.41) is 10.5. The SMILES string of the molecule is CCc1ccc(CC2(O)CCCC(N)C2)nc1. The molecule has 0 saturated heterocycles. The van der Waals surface area contributed by atoms with Crippen molar-refractivity contribution >= 4 is 0 Å². The van der Waals surface area contributed by atoms with E-state index in [1.54, 1.807) is 0 Å². The highest BCUT2D eigenvalue weighted by Crippen LogP contribution is 2.30. The van der Waals surface area contributed by atoms with Gasteiger partial charge >= 0.3 is 0 Å². The standard InChI is InChI=1S/C14H22N2O/c1-2-11-5-6-13(16-10-11)9-14(17)7-3-4-12(15)8-14/h5-6,10,12,17H,2-4,7-9,15H2,1H3. The van der Waals surface area contributed by atoms with E-state index in [1.807, 2.05) is 12.3 Å². The lowest BCUT2D eigenvalue weighted by Gasteiger charge is -2.35. The molecule has 0 spiro atoms. The Labute approximate surface area is 103 Å². The maximum atomic E-state index is 10.5. The molecule has 1 fully saturated rings. The Morgan fingerprint density at radius 3 is 2.94 bits per heavy atom. The normalized spacial score (nSPS) is 29.2. The molecule has 0 amide bonds. The summed E-state index contributed by atoms with van der Waals surface area (Å²) in [5.41, 5.74) is 7.50. The molecule has 17 heavy (non-hydrogen) atoms. The molecule has 1 aliphatic rings. The van der Waals surface area contributed by atoms with E-state index >= 15 is 0 Å². The number of aryl methyl sites for hydroxylation is 1. The molecule has 0 bridgehead atoms. The van der Waals surface area contributed by atoms with Crippen LogP contribution in [-0.2, 0) is 12.8 Å². The van der Waals surface area contributed by atoms with Crippen molar-refractivity contribution < 1.29 is 5.11 Å². The Kier molecular flexibility index (Phi) is 3.79. The summed E-state index contributed by atoms with van der Waals surface area (Å²) < 4.78 is 0. The van der Waals surface area contributed by atoms with Crippen LogP contribution < -0.4 is 5.73 Å². The number of hydrogen-bond acceptors (Lipinski definition) is 3. The van der Waals surface area contributed by atoms with Gasteiger partial charge in [-0.2, -0.15) is 0 Å². The molecular formula is C14H22N2O. The van der Waals surface area contributed by atoms with Crippen LogP contribution in [0.3, 0.4) is 0 Å². The zero-order valence-corrected chi connectivity index (χ0v) is 10.5. The van der Waals surface area contributed by atoms with Gasteiger partial charge in [0, 0.05) is 24.4 Å². The Balaban J connectivity index is 2.03. The number of rotatable bonds is 3. The van der Waals surface area contributed by atoms with Gasteiger partial charge in [0.15, 0.2) is 0 Å². The third-order valence-electron chi connectivity index (χ3n) is 3.66. The number of aliphatic hydroxyl groups is 1. The first-order valence-corrected chi connectivity index (χ1v) is 6.53. The summed E-state index contributed by atoms with van der Waals surface area (Å²) >= 11 is 0. The third kappa shape index (κ3) is 3.27. The third-order valence-corrected chi connectivity index (χ3v) is 3.66. The molecule has 2 rings (SSSR count). The van der Waals surface area contributed by atoms with Crippen molar-refractivity contribution in [1.82, 2.24) is 4.98 Å². The first-order valence-electron chi connectivity index (χ1n) is 6.53. The van der Waals surface area contributed by atoms with Crippen LogP contribution in [0.1, 0.15) is 43.9 Å². The zero-order valence-electron chi connectivity index (χ0n) is 10.5. The lowest BCUT2D eigenvalue weighted by molar-refractivity contribution is -0.00270. The summed E-state index contributed by atoms with van der Waals surface area (Å²) in [6, 6.07) is 4.26. The molecule has 0 radical (unpaired) electrons. The Morgan fingerprint density at radius 1 is 1.53 bits per heavy atom. The van der Waals surface area contributed by atoms with Crippen LogP contribution in [0.15, 0.2) is 18.3 Å². The van der Waals surface area contributed by atoms with Gasteiger partial charge in [0.25, 0.3) is 0 Å². The van der Waals surface area contributed by atoms with E-state index in [0.717, 1.165) is 31.4 Å². The van der Waals surface area contributed by atoms with E-state index in [2.05, 4.69) is 18.0 Å². The van der Waals surface area contributed by atoms with E-state index < -0.39 is 5.60 Å². The minimum absolute atomic E-state index is 0.142. The van der Waals surface area contributed by atoms with Crippen LogP contribution in [0, 0.1) is 0 Å². The Hall–Kier alpha value is -0.930. The highest BCUT2D eigenvalue weighted by atomic mass is 16.3. The van der Waals surface area contributed by atoms with E-state index in [1.165, 1.54) is 5.56 Å². The molecule has 0 aliphatic heterocycles. The second-order valence-corrected chi connectivity index (χ2v) is 5.27. The molecule has 3 N–H and O–H groups in total. The topological polar surface area (TPSA) is 59.1 Å². The van der Waals surface area contributed by atoms with Gasteiger partial charge in [-0.3, -0.25) is 4.98 Å². The molecule has 2 unspecified atom stereocenters. The van der Waals surface area contributed by atoms with Gasteiger partial charge in [0.1, 0.15) is 0 Å². The highest BCUT2D eigenvalue weighted by Gasteiger charge is 2.33. The largest absolute Gasteiger partial charge is 0.389 e. The van der Waals surface area contributed by atoms with E-state index in [9.17, 15) is 5.11 Å². The van der Waals surface area contributed by atoms with Crippen molar-refractivity contribution in [2.24, 2.45) is 5.73 Å². The molecule has 3 nitrogen and oxygen atoms in total. The molecule has 0 aromatic carbocycles. The van der Waals surface area contributed by atoms with Gasteiger partial charge in [0.05, 0.1) is 5.60 Å². The first-order chi connectivity index (χ1) is 8.11. The predicted octanol–water partition coefficient (Wildman–Crippen LogP) is 1.82. The van der Waals surface area contributed by atoms with Crippen molar-refractivity contribution in [3.63, 3.8) is 0 Å². The van der Waals surface area contributed by atoms with Crippen LogP contribution in [0.25, 0.3) is 0 Å². The summed E-state index contributed by atoms with van der Waals surface area (Å²) in [4.78, 5) is 4.41. The summed E-state index contributed by atoms with van der Waals surface area (Å²) in [7, 11) is 0. The smallest absolute Gasteiger partial charge is 0.0717 e. The fraction of sp³-hybridized carbons (Fsp3) is 0.643. The molecule has 1 aromatic rings. The number of aromatic nitrogens is 1. The van der Waals surface area contributed by atoms with E-state index in [0.29, 0.717) is 12.8 Å². The van der Waals surface area contributed by atoms with Crippen LogP contribution in [0.2, 0.25) is 0 Å². The monoisotopic (exact) mass is 234 g/mol. The zero-order chi connectivity index (χ0) is 12.3. The molecular weight excluding hydrogens is 212 g/mol. The van der Waals surface area contributed by atoms with Crippen LogP contribution in [0.5, 0.6) is 0 Å². The number of hydrogen-bond donors (Lipinski definition) is 2. The van der Waals surface area contributed by atoms with Crippen molar-refractivity contribution in [3.8, 4) is 0 Å². The van der Waals surface area contributed by atoms with Crippen molar-refractivity contribution in [2.75, 3.05) is 0 Å². The number of pyridine rings is 1. The van der Waals surface area contributed by atoms with Gasteiger partial charge in [-0.05, 0) is 43.7 Å². The Bertz CT molecular complexity index is 363. The molecule has 94 valence electrons. The second kappa shape index (κ2) is 5.15. The van der Waals surface area contributed by atoms with E-state index in [4.69, 9.17) is 5.73 Å². The summed E-state index contributed by atoms with van der Waals surface area (Å²) in [6.45, 7) is 2.12. The predicted molar refractivity (Wildman–Crippen MR) is 68.7 cm³/mol. The van der Waals surface area contributed by atoms with Crippen molar-refractivity contribution in [3.05, 3.63) is 29.6 Å². The average Bonchev–Trinajstić information content (AvgIpc) is 2.29. The van der Waals surface area contributed by atoms with Crippen LogP contribution >= 0.6 is 0 Å². The van der Waals surface area contributed by atoms with Gasteiger partial charge in [-0.25, -0.2) is 0 Å². The van der Waals surface area contributed by atoms with Gasteiger partial charge in [-0.1, -0.05) is 13.0 Å². The lowest BCUT2D eigenvalue weighted by atomic mass is 9.79. The maximum Gasteiger partial charge on any atom is 0.0717 e. The molecule has 1 saturated carbocycles. The second-order valence-electron chi connectivity index (χ2n) is 5.27. The Morgan fingerprint density at radius 2 is 2.35 bits per heavy atom. The molecule has 1 aliphatic carbocycles. The fourth-order valence-corrected chi connectivity index (χ4v) is 2.65. The fourth-order valence-electron chi connectivity index (χ4n) is 2.65. The van der Waals surface area contributed by atoms with Gasteiger partial charge in [-0.15, -0.1) is 0 Å². The van der Waals surface area contributed by atoms with E-state index in [-0.39, 0.29) is 6.04 Å². The summed E-state index contributed by atoms with van der Waals surface area (Å²) in [6.07, 6.45) is 7.13. The van der Waals surface area contributed by atoms with Gasteiger partial charge in [0.2, 0.25) is 0 Å². The quantitative estimate of drug-likeness (QED) is 0.838. The summed E-state index contributed by atoms with van der Waals surface area (Å²) in [5.74, 6) is 0. The molecule has 3 heteroatoms. The van der Waals surface area contributed by atoms with Crippen LogP contribution in [0.4, 0.5) is 0 Å². The lowest BCUT2D eigenvalue weighted by Crippen LogP contribution is -2.42. The highest BCUT2D eigenvalue weighted by molar-refractivity contribution is 5.15. The number of nitrogens with two attached hydrogens (primary N) is 1. The molecule has 1 aromatic heterocycles. The molecule has 2 atom stereocenters. The van der Waals surface area contributed by atoms with Crippen molar-refractivity contribution in [2.45, 2.75) is 57.1 Å². The molecule has 1 heterocycles. The minimum Gasteiger partial charge on any atom is -0.389 e. The van der Waals surface area contributed by atoms with Crippen molar-refractivity contribution in [1.29, 1.82) is 0 Å². The van der Waals surface area contributed by atoms with Gasteiger partial charge < -0.3 is 10.8 Å².